The van der Waals surface area contributed by atoms with Gasteiger partial charge in [0.25, 0.3) is 0 Å². The van der Waals surface area contributed by atoms with Crippen LogP contribution in [0.4, 0.5) is 0 Å². The third-order valence-corrected chi connectivity index (χ3v) is 4.75. The smallest absolute Gasteiger partial charge is 0.000759 e. The van der Waals surface area contributed by atoms with Crippen LogP contribution in [0, 0.1) is 5.41 Å². The minimum Gasteiger partial charge on any atom is -0.316 e. The highest BCUT2D eigenvalue weighted by atomic mass is 32.2. The number of rotatable bonds is 12. The average molecular weight is 260 g/mol. The van der Waals surface area contributed by atoms with Crippen molar-refractivity contribution in [3.63, 3.8) is 0 Å². The van der Waals surface area contributed by atoms with Crippen LogP contribution in [-0.2, 0) is 0 Å². The molecule has 0 aromatic rings. The molecule has 0 rings (SSSR count). The van der Waals surface area contributed by atoms with Crippen molar-refractivity contribution in [1.82, 2.24) is 5.32 Å². The molecular formula is C15H33NS. The predicted octanol–water partition coefficient (Wildman–Crippen LogP) is 4.72. The molecule has 0 aliphatic carbocycles. The fourth-order valence-corrected chi connectivity index (χ4v) is 3.05. The molecule has 0 radical (unpaired) electrons. The fraction of sp³-hybridized carbons (Fsp3) is 1.00. The van der Waals surface area contributed by atoms with E-state index in [4.69, 9.17) is 0 Å². The van der Waals surface area contributed by atoms with Gasteiger partial charge in [-0.2, -0.15) is 11.8 Å². The summed E-state index contributed by atoms with van der Waals surface area (Å²) >= 11 is 2.09. The van der Waals surface area contributed by atoms with Gasteiger partial charge in [-0.15, -0.1) is 0 Å². The molecule has 1 N–H and O–H groups in total. The van der Waals surface area contributed by atoms with Crippen LogP contribution in [0.15, 0.2) is 0 Å². The van der Waals surface area contributed by atoms with Crippen molar-refractivity contribution in [2.24, 2.45) is 5.41 Å². The highest BCUT2D eigenvalue weighted by Crippen LogP contribution is 2.34. The van der Waals surface area contributed by atoms with Gasteiger partial charge in [-0.25, -0.2) is 0 Å². The van der Waals surface area contributed by atoms with Gasteiger partial charge >= 0.3 is 0 Å². The largest absolute Gasteiger partial charge is 0.316 e. The van der Waals surface area contributed by atoms with Gasteiger partial charge in [0, 0.05) is 6.54 Å². The van der Waals surface area contributed by atoms with E-state index in [0.29, 0.717) is 5.41 Å². The minimum absolute atomic E-state index is 0.570. The predicted molar refractivity (Wildman–Crippen MR) is 83.0 cm³/mol. The van der Waals surface area contributed by atoms with Crippen molar-refractivity contribution >= 4 is 11.8 Å². The Kier molecular flexibility index (Phi) is 11.6. The van der Waals surface area contributed by atoms with Crippen molar-refractivity contribution in [1.29, 1.82) is 0 Å². The van der Waals surface area contributed by atoms with Crippen LogP contribution in [0.1, 0.15) is 66.2 Å². The van der Waals surface area contributed by atoms with Gasteiger partial charge in [-0.3, -0.25) is 0 Å². The van der Waals surface area contributed by atoms with Crippen LogP contribution >= 0.6 is 11.8 Å². The number of unbranched alkanes of at least 4 members (excludes halogenated alkanes) is 1. The van der Waals surface area contributed by atoms with Crippen LogP contribution in [0.3, 0.4) is 0 Å². The topological polar surface area (TPSA) is 12.0 Å². The summed E-state index contributed by atoms with van der Waals surface area (Å²) in [5.74, 6) is 2.61. The lowest BCUT2D eigenvalue weighted by Gasteiger charge is -2.33. The van der Waals surface area contributed by atoms with Crippen LogP contribution in [-0.4, -0.2) is 24.6 Å². The fourth-order valence-electron chi connectivity index (χ4n) is 2.42. The third-order valence-electron chi connectivity index (χ3n) is 3.76. The zero-order chi connectivity index (χ0) is 13.0. The first-order valence-corrected chi connectivity index (χ1v) is 8.68. The highest BCUT2D eigenvalue weighted by Gasteiger charge is 2.26. The monoisotopic (exact) mass is 259 g/mol. The van der Waals surface area contributed by atoms with E-state index in [-0.39, 0.29) is 0 Å². The molecule has 0 aromatic heterocycles. The summed E-state index contributed by atoms with van der Waals surface area (Å²) in [6.45, 7) is 11.5. The van der Waals surface area contributed by atoms with Crippen LogP contribution in [0.25, 0.3) is 0 Å². The molecule has 17 heavy (non-hydrogen) atoms. The molecule has 1 unspecified atom stereocenters. The first-order valence-electron chi connectivity index (χ1n) is 7.53. The highest BCUT2D eigenvalue weighted by molar-refractivity contribution is 7.99. The average Bonchev–Trinajstić information content (AvgIpc) is 2.37. The Hall–Kier alpha value is 0.310. The molecule has 104 valence electrons. The van der Waals surface area contributed by atoms with Crippen molar-refractivity contribution in [3.8, 4) is 0 Å². The Morgan fingerprint density at radius 2 is 1.71 bits per heavy atom. The van der Waals surface area contributed by atoms with Crippen LogP contribution in [0.5, 0.6) is 0 Å². The second kappa shape index (κ2) is 11.4. The van der Waals surface area contributed by atoms with E-state index in [9.17, 15) is 0 Å². The Morgan fingerprint density at radius 1 is 1.00 bits per heavy atom. The van der Waals surface area contributed by atoms with Gasteiger partial charge in [-0.05, 0) is 49.1 Å². The Labute approximate surface area is 114 Å². The van der Waals surface area contributed by atoms with E-state index in [1.165, 1.54) is 56.6 Å². The molecule has 0 saturated carbocycles. The molecule has 0 amide bonds. The van der Waals surface area contributed by atoms with E-state index in [2.05, 4.69) is 44.8 Å². The SMILES string of the molecule is CCCCC(CC)(CCCSCC)CNCC. The molecule has 1 atom stereocenters. The quantitative estimate of drug-likeness (QED) is 0.509. The van der Waals surface area contributed by atoms with Gasteiger partial charge in [0.1, 0.15) is 0 Å². The molecule has 1 nitrogen and oxygen atoms in total. The summed E-state index contributed by atoms with van der Waals surface area (Å²) in [5.41, 5.74) is 0.570. The second-order valence-electron chi connectivity index (χ2n) is 5.04. The standard InChI is InChI=1S/C15H33NS/c1-5-9-11-15(6-2,14-16-7-3)12-10-13-17-8-4/h16H,5-14H2,1-4H3. The van der Waals surface area contributed by atoms with Gasteiger partial charge in [0.15, 0.2) is 0 Å². The van der Waals surface area contributed by atoms with Gasteiger partial charge in [-0.1, -0.05) is 40.5 Å². The van der Waals surface area contributed by atoms with E-state index in [1.807, 2.05) is 0 Å². The van der Waals surface area contributed by atoms with E-state index in [0.717, 1.165) is 6.54 Å². The van der Waals surface area contributed by atoms with Crippen molar-refractivity contribution in [3.05, 3.63) is 0 Å². The van der Waals surface area contributed by atoms with E-state index < -0.39 is 0 Å². The molecule has 0 aliphatic rings. The zero-order valence-electron chi connectivity index (χ0n) is 12.5. The molecule has 0 spiro atoms. The molecule has 0 heterocycles. The lowest BCUT2D eigenvalue weighted by molar-refractivity contribution is 0.212. The van der Waals surface area contributed by atoms with Crippen molar-refractivity contribution in [2.45, 2.75) is 66.2 Å². The molecule has 0 aliphatic heterocycles. The maximum atomic E-state index is 3.58. The van der Waals surface area contributed by atoms with Crippen LogP contribution < -0.4 is 5.32 Å². The molecular weight excluding hydrogens is 226 g/mol. The van der Waals surface area contributed by atoms with Gasteiger partial charge in [0.2, 0.25) is 0 Å². The normalized spacial score (nSPS) is 14.8. The lowest BCUT2D eigenvalue weighted by Crippen LogP contribution is -2.34. The van der Waals surface area contributed by atoms with Crippen molar-refractivity contribution in [2.75, 3.05) is 24.6 Å². The molecule has 0 fully saturated rings. The number of hydrogen-bond donors (Lipinski definition) is 1. The first kappa shape index (κ1) is 17.3. The number of hydrogen-bond acceptors (Lipinski definition) is 2. The second-order valence-corrected chi connectivity index (χ2v) is 6.43. The summed E-state index contributed by atoms with van der Waals surface area (Å²) in [4.78, 5) is 0. The van der Waals surface area contributed by atoms with Gasteiger partial charge in [0.05, 0.1) is 0 Å². The number of nitrogens with one attached hydrogen (secondary N) is 1. The zero-order valence-corrected chi connectivity index (χ0v) is 13.3. The maximum absolute atomic E-state index is 3.58. The first-order chi connectivity index (χ1) is 8.24. The van der Waals surface area contributed by atoms with Gasteiger partial charge < -0.3 is 5.32 Å². The summed E-state index contributed by atoms with van der Waals surface area (Å²) < 4.78 is 0. The maximum Gasteiger partial charge on any atom is 0.000759 e. The summed E-state index contributed by atoms with van der Waals surface area (Å²) in [6, 6.07) is 0. The third kappa shape index (κ3) is 8.10. The Balaban J connectivity index is 4.12. The summed E-state index contributed by atoms with van der Waals surface area (Å²) in [5, 5.41) is 3.58. The number of thioether (sulfide) groups is 1. The summed E-state index contributed by atoms with van der Waals surface area (Å²) in [6.07, 6.45) is 8.25. The van der Waals surface area contributed by atoms with E-state index in [1.54, 1.807) is 0 Å². The summed E-state index contributed by atoms with van der Waals surface area (Å²) in [7, 11) is 0. The minimum atomic E-state index is 0.570. The molecule has 0 aromatic carbocycles. The Morgan fingerprint density at radius 3 is 2.24 bits per heavy atom. The lowest BCUT2D eigenvalue weighted by atomic mass is 9.76. The molecule has 2 heteroatoms. The Bertz CT molecular complexity index is 151. The molecule has 0 saturated heterocycles. The van der Waals surface area contributed by atoms with E-state index >= 15 is 0 Å². The molecule has 0 bridgehead atoms. The van der Waals surface area contributed by atoms with Crippen LogP contribution in [0.2, 0.25) is 0 Å². The van der Waals surface area contributed by atoms with Crippen molar-refractivity contribution < 1.29 is 0 Å².